The van der Waals surface area contributed by atoms with Crippen LogP contribution in [0.1, 0.15) is 21.5 Å². The third-order valence-electron chi connectivity index (χ3n) is 3.97. The van der Waals surface area contributed by atoms with Crippen molar-refractivity contribution in [3.63, 3.8) is 0 Å². The number of primary amides is 1. The van der Waals surface area contributed by atoms with Crippen molar-refractivity contribution < 1.29 is 33.0 Å². The third kappa shape index (κ3) is 5.83. The van der Waals surface area contributed by atoms with Crippen LogP contribution in [0.5, 0.6) is 0 Å². The molecule has 2 aromatic heterocycles. The Morgan fingerprint density at radius 1 is 1.32 bits per heavy atom. The highest BCUT2D eigenvalue weighted by Crippen LogP contribution is 2.35. The number of carboxylic acid groups (broad SMARTS) is 1. The summed E-state index contributed by atoms with van der Waals surface area (Å²) in [6.07, 6.45) is -1.67. The molecule has 8 nitrogen and oxygen atoms in total. The van der Waals surface area contributed by atoms with Crippen molar-refractivity contribution >= 4 is 56.7 Å². The molecule has 3 rings (SSSR count). The van der Waals surface area contributed by atoms with E-state index in [0.29, 0.717) is 11.2 Å². The summed E-state index contributed by atoms with van der Waals surface area (Å²) in [4.78, 5) is 30.3. The number of carbonyl (C=O) groups excluding carboxylic acids is 1. The predicted octanol–water partition coefficient (Wildman–Crippen LogP) is 3.69. The summed E-state index contributed by atoms with van der Waals surface area (Å²) >= 11 is 2.99. The zero-order valence-corrected chi connectivity index (χ0v) is 17.8. The second-order valence-corrected chi connectivity index (χ2v) is 7.96. The number of aliphatic carboxylic acids is 1. The van der Waals surface area contributed by atoms with Gasteiger partial charge in [0.1, 0.15) is 10.3 Å². The van der Waals surface area contributed by atoms with Crippen LogP contribution in [0, 0.1) is 6.92 Å². The van der Waals surface area contributed by atoms with Gasteiger partial charge in [-0.05, 0) is 30.4 Å². The standard InChI is InChI=1S/C16H16N4O2S2.C2HF3O2/c1-8-9(7-21)4-3-5-11(8)19-12-10(14(17)22)6-18-15-13(12)20-16(23-2)24-15;3-2(4,5)1(6)7/h3-6,21H,7H2,1-2H3,(H2,17,22)(H,18,19);(H,6,7). The number of halogens is 3. The van der Waals surface area contributed by atoms with Gasteiger partial charge >= 0.3 is 12.1 Å². The minimum atomic E-state index is -5.08. The largest absolute Gasteiger partial charge is 0.490 e. The molecule has 31 heavy (non-hydrogen) atoms. The monoisotopic (exact) mass is 474 g/mol. The number of aliphatic hydroxyl groups is 1. The zero-order valence-electron chi connectivity index (χ0n) is 16.1. The molecule has 0 aliphatic rings. The number of benzene rings is 1. The van der Waals surface area contributed by atoms with Crippen LogP contribution >= 0.6 is 23.1 Å². The molecule has 2 heterocycles. The predicted molar refractivity (Wildman–Crippen MR) is 112 cm³/mol. The van der Waals surface area contributed by atoms with Gasteiger partial charge in [-0.1, -0.05) is 35.2 Å². The summed E-state index contributed by atoms with van der Waals surface area (Å²) in [7, 11) is 0. The van der Waals surface area contributed by atoms with Gasteiger partial charge in [-0.25, -0.2) is 14.8 Å². The van der Waals surface area contributed by atoms with Gasteiger partial charge in [-0.15, -0.1) is 0 Å². The third-order valence-corrected chi connectivity index (χ3v) is 5.91. The van der Waals surface area contributed by atoms with E-state index in [-0.39, 0.29) is 12.2 Å². The Hall–Kier alpha value is -2.90. The van der Waals surface area contributed by atoms with Crippen molar-refractivity contribution in [2.24, 2.45) is 5.73 Å². The number of carboxylic acids is 1. The van der Waals surface area contributed by atoms with Gasteiger partial charge in [-0.3, -0.25) is 4.79 Å². The lowest BCUT2D eigenvalue weighted by atomic mass is 10.1. The number of pyridine rings is 1. The van der Waals surface area contributed by atoms with E-state index in [0.717, 1.165) is 26.0 Å². The maximum atomic E-state index is 11.8. The molecule has 0 spiro atoms. The minimum absolute atomic E-state index is 0.0525. The molecule has 0 radical (unpaired) electrons. The molecule has 0 unspecified atom stereocenters. The summed E-state index contributed by atoms with van der Waals surface area (Å²) < 4.78 is 32.6. The Morgan fingerprint density at radius 3 is 2.48 bits per heavy atom. The maximum absolute atomic E-state index is 11.8. The van der Waals surface area contributed by atoms with Gasteiger partial charge in [0.15, 0.2) is 4.34 Å². The molecule has 0 saturated carbocycles. The van der Waals surface area contributed by atoms with Crippen LogP contribution in [0.2, 0.25) is 0 Å². The van der Waals surface area contributed by atoms with Crippen LogP contribution in [0.4, 0.5) is 24.5 Å². The summed E-state index contributed by atoms with van der Waals surface area (Å²) in [5, 5.41) is 19.8. The fourth-order valence-corrected chi connectivity index (χ4v) is 3.79. The highest BCUT2D eigenvalue weighted by molar-refractivity contribution is 8.00. The first kappa shape index (κ1) is 24.4. The first-order chi connectivity index (χ1) is 14.5. The molecule has 0 bridgehead atoms. The number of aliphatic hydroxyl groups excluding tert-OH is 1. The molecule has 0 atom stereocenters. The molecule has 1 amide bonds. The molecule has 0 aliphatic carbocycles. The van der Waals surface area contributed by atoms with Crippen molar-refractivity contribution in [3.05, 3.63) is 41.1 Å². The number of anilines is 2. The average molecular weight is 474 g/mol. The van der Waals surface area contributed by atoms with Crippen molar-refractivity contribution in [1.82, 2.24) is 9.97 Å². The molecule has 5 N–H and O–H groups in total. The Bertz CT molecular complexity index is 1120. The van der Waals surface area contributed by atoms with E-state index in [1.165, 1.54) is 29.3 Å². The van der Waals surface area contributed by atoms with Crippen LogP contribution < -0.4 is 11.1 Å². The zero-order chi connectivity index (χ0) is 23.3. The fraction of sp³-hybridized carbons (Fsp3) is 0.222. The molecule has 13 heteroatoms. The molecule has 3 aromatic rings. The van der Waals surface area contributed by atoms with Gasteiger partial charge < -0.3 is 21.3 Å². The van der Waals surface area contributed by atoms with Crippen molar-refractivity contribution in [2.45, 2.75) is 24.0 Å². The number of amides is 1. The van der Waals surface area contributed by atoms with Crippen LogP contribution in [0.15, 0.2) is 28.7 Å². The lowest BCUT2D eigenvalue weighted by Gasteiger charge is -2.14. The molecule has 0 fully saturated rings. The van der Waals surface area contributed by atoms with Crippen LogP contribution in [-0.4, -0.2) is 44.5 Å². The number of thiazole rings is 1. The molecule has 0 saturated heterocycles. The second-order valence-electron chi connectivity index (χ2n) is 5.92. The first-order valence-corrected chi connectivity index (χ1v) is 10.4. The number of fused-ring (bicyclic) bond motifs is 1. The summed E-state index contributed by atoms with van der Waals surface area (Å²) in [5.41, 5.74) is 9.46. The fourth-order valence-electron chi connectivity index (χ4n) is 2.38. The number of aromatic nitrogens is 2. The second kappa shape index (κ2) is 9.94. The Labute approximate surface area is 182 Å². The van der Waals surface area contributed by atoms with Crippen LogP contribution in [0.3, 0.4) is 0 Å². The smallest absolute Gasteiger partial charge is 0.475 e. The summed E-state index contributed by atoms with van der Waals surface area (Å²) in [6, 6.07) is 5.58. The van der Waals surface area contributed by atoms with E-state index < -0.39 is 18.1 Å². The van der Waals surface area contributed by atoms with Gasteiger partial charge in [0, 0.05) is 11.9 Å². The molecule has 0 aliphatic heterocycles. The Balaban J connectivity index is 0.000000423. The van der Waals surface area contributed by atoms with E-state index in [4.69, 9.17) is 15.6 Å². The molecule has 166 valence electrons. The number of nitrogens with two attached hydrogens (primary N) is 1. The number of hydrogen-bond acceptors (Lipinski definition) is 8. The van der Waals surface area contributed by atoms with E-state index >= 15 is 0 Å². The average Bonchev–Trinajstić information content (AvgIpc) is 3.13. The van der Waals surface area contributed by atoms with Crippen LogP contribution in [-0.2, 0) is 11.4 Å². The number of nitrogens with one attached hydrogen (secondary N) is 1. The SMILES string of the molecule is CSc1nc2c(Nc3cccc(CO)c3C)c(C(N)=O)cnc2s1.O=C(O)C(F)(F)F. The van der Waals surface area contributed by atoms with E-state index in [1.807, 2.05) is 31.4 Å². The Morgan fingerprint density at radius 2 is 1.97 bits per heavy atom. The van der Waals surface area contributed by atoms with Crippen molar-refractivity contribution in [3.8, 4) is 0 Å². The number of nitrogens with zero attached hydrogens (tertiary/aromatic N) is 2. The lowest BCUT2D eigenvalue weighted by molar-refractivity contribution is -0.192. The van der Waals surface area contributed by atoms with Crippen molar-refractivity contribution in [1.29, 1.82) is 0 Å². The van der Waals surface area contributed by atoms with E-state index in [9.17, 15) is 23.1 Å². The number of thioether (sulfide) groups is 1. The van der Waals surface area contributed by atoms with Crippen molar-refractivity contribution in [2.75, 3.05) is 11.6 Å². The van der Waals surface area contributed by atoms with E-state index in [2.05, 4.69) is 15.3 Å². The van der Waals surface area contributed by atoms with Crippen LogP contribution in [0.25, 0.3) is 10.3 Å². The molecular weight excluding hydrogens is 457 g/mol. The highest BCUT2D eigenvalue weighted by atomic mass is 32.2. The van der Waals surface area contributed by atoms with Gasteiger partial charge in [0.05, 0.1) is 17.9 Å². The topological polar surface area (TPSA) is 138 Å². The number of rotatable bonds is 5. The number of alkyl halides is 3. The Kier molecular flexibility index (Phi) is 7.81. The van der Waals surface area contributed by atoms with E-state index in [1.54, 1.807) is 0 Å². The molecular formula is C18H17F3N4O4S2. The number of carbonyl (C=O) groups is 2. The normalized spacial score (nSPS) is 11.0. The molecule has 1 aromatic carbocycles. The summed E-state index contributed by atoms with van der Waals surface area (Å²) in [5.74, 6) is -3.32. The summed E-state index contributed by atoms with van der Waals surface area (Å²) in [6.45, 7) is 1.85. The maximum Gasteiger partial charge on any atom is 0.490 e. The lowest BCUT2D eigenvalue weighted by Crippen LogP contribution is -2.21. The number of hydrogen-bond donors (Lipinski definition) is 4. The van der Waals surface area contributed by atoms with Gasteiger partial charge in [0.25, 0.3) is 5.91 Å². The van der Waals surface area contributed by atoms with Gasteiger partial charge in [0.2, 0.25) is 0 Å². The van der Waals surface area contributed by atoms with Gasteiger partial charge in [-0.2, -0.15) is 13.2 Å². The quantitative estimate of drug-likeness (QED) is 0.411. The first-order valence-electron chi connectivity index (χ1n) is 8.39. The minimum Gasteiger partial charge on any atom is -0.475 e. The highest BCUT2D eigenvalue weighted by Gasteiger charge is 2.38.